The Hall–Kier alpha value is -3.00. The quantitative estimate of drug-likeness (QED) is 0.675. The van der Waals surface area contributed by atoms with Gasteiger partial charge in [0, 0.05) is 30.9 Å². The lowest BCUT2D eigenvalue weighted by Crippen LogP contribution is -2.43. The molecule has 4 rings (SSSR count). The van der Waals surface area contributed by atoms with Crippen LogP contribution in [0.2, 0.25) is 0 Å². The highest BCUT2D eigenvalue weighted by atomic mass is 32.1. The number of carbonyl (C=O) groups is 2. The maximum Gasteiger partial charge on any atom is 0.323 e. The van der Waals surface area contributed by atoms with Crippen molar-refractivity contribution in [3.05, 3.63) is 42.2 Å². The first-order valence-electron chi connectivity index (χ1n) is 9.97. The number of aryl methyl sites for hydroxylation is 1. The van der Waals surface area contributed by atoms with Crippen LogP contribution in [0.4, 0.5) is 5.82 Å². The van der Waals surface area contributed by atoms with Crippen molar-refractivity contribution in [1.29, 1.82) is 0 Å². The van der Waals surface area contributed by atoms with Crippen LogP contribution in [0.25, 0.3) is 20.7 Å². The minimum Gasteiger partial charge on any atom is -0.480 e. The summed E-state index contributed by atoms with van der Waals surface area (Å²) in [5, 5.41) is 9.96. The molecule has 7 nitrogen and oxygen atoms in total. The number of piperidine rings is 1. The molecule has 30 heavy (non-hydrogen) atoms. The van der Waals surface area contributed by atoms with Crippen LogP contribution < -0.4 is 4.90 Å². The van der Waals surface area contributed by atoms with E-state index in [0.29, 0.717) is 25.9 Å². The van der Waals surface area contributed by atoms with Crippen molar-refractivity contribution in [2.45, 2.75) is 19.8 Å². The molecule has 1 aliphatic heterocycles. The van der Waals surface area contributed by atoms with Crippen LogP contribution >= 0.6 is 11.3 Å². The third kappa shape index (κ3) is 4.14. The summed E-state index contributed by atoms with van der Waals surface area (Å²) in [5.74, 6) is 0.419. The molecule has 8 heteroatoms. The molecule has 1 N–H and O–H groups in total. The molecule has 0 spiro atoms. The van der Waals surface area contributed by atoms with Crippen molar-refractivity contribution in [1.82, 2.24) is 14.9 Å². The standard InChI is InChI=1S/C22H24N4O3S/c1-14-23-20(17-12-18(30-21(17)24-14)15-6-4-3-5-7-15)26-10-8-16(9-11-26)22(29)25(2)13-19(27)28/h3-7,12,16H,8-11,13H2,1-2H3,(H,27,28). The Labute approximate surface area is 179 Å². The van der Waals surface area contributed by atoms with Gasteiger partial charge in [0.05, 0.1) is 5.39 Å². The van der Waals surface area contributed by atoms with E-state index in [-0.39, 0.29) is 18.4 Å². The highest BCUT2D eigenvalue weighted by Crippen LogP contribution is 2.37. The second-order valence-corrected chi connectivity index (χ2v) is 8.67. The van der Waals surface area contributed by atoms with E-state index in [0.717, 1.165) is 32.3 Å². The number of hydrogen-bond acceptors (Lipinski definition) is 6. The number of fused-ring (bicyclic) bond motifs is 1. The van der Waals surface area contributed by atoms with Gasteiger partial charge in [-0.2, -0.15) is 0 Å². The minimum atomic E-state index is -0.992. The SMILES string of the molecule is Cc1nc(N2CCC(C(=O)N(C)CC(=O)O)CC2)c2cc(-c3ccccc3)sc2n1. The molecule has 0 aliphatic carbocycles. The van der Waals surface area contributed by atoms with Gasteiger partial charge in [-0.3, -0.25) is 9.59 Å². The predicted molar refractivity (Wildman–Crippen MR) is 118 cm³/mol. The molecule has 1 aromatic carbocycles. The van der Waals surface area contributed by atoms with Gasteiger partial charge in [0.25, 0.3) is 0 Å². The Morgan fingerprint density at radius 1 is 1.20 bits per heavy atom. The number of carboxylic acids is 1. The van der Waals surface area contributed by atoms with Gasteiger partial charge in [-0.1, -0.05) is 30.3 Å². The zero-order chi connectivity index (χ0) is 21.3. The molecule has 1 saturated heterocycles. The Kier molecular flexibility index (Phi) is 5.67. The zero-order valence-corrected chi connectivity index (χ0v) is 17.9. The van der Waals surface area contributed by atoms with Gasteiger partial charge >= 0.3 is 5.97 Å². The molecular weight excluding hydrogens is 400 g/mol. The van der Waals surface area contributed by atoms with Gasteiger partial charge in [0.1, 0.15) is 23.0 Å². The fourth-order valence-corrected chi connectivity index (χ4v) is 5.00. The topological polar surface area (TPSA) is 86.6 Å². The second-order valence-electron chi connectivity index (χ2n) is 7.64. The lowest BCUT2D eigenvalue weighted by molar-refractivity contribution is -0.145. The van der Waals surface area contributed by atoms with E-state index >= 15 is 0 Å². The lowest BCUT2D eigenvalue weighted by Gasteiger charge is -2.34. The number of nitrogens with zero attached hydrogens (tertiary/aromatic N) is 4. The molecule has 156 valence electrons. The van der Waals surface area contributed by atoms with E-state index in [1.54, 1.807) is 18.4 Å². The molecule has 0 unspecified atom stereocenters. The van der Waals surface area contributed by atoms with Gasteiger partial charge in [-0.25, -0.2) is 9.97 Å². The van der Waals surface area contributed by atoms with E-state index in [2.05, 4.69) is 28.1 Å². The van der Waals surface area contributed by atoms with Crippen molar-refractivity contribution in [3.8, 4) is 10.4 Å². The number of aliphatic carboxylic acids is 1. The molecule has 1 aliphatic rings. The molecular formula is C22H24N4O3S. The number of hydrogen-bond donors (Lipinski definition) is 1. The number of carbonyl (C=O) groups excluding carboxylic acids is 1. The lowest BCUT2D eigenvalue weighted by atomic mass is 9.95. The maximum absolute atomic E-state index is 12.5. The number of carboxylic acid groups (broad SMARTS) is 1. The fourth-order valence-electron chi connectivity index (χ4n) is 3.93. The number of anilines is 1. The molecule has 0 atom stereocenters. The summed E-state index contributed by atoms with van der Waals surface area (Å²) in [7, 11) is 1.55. The first-order chi connectivity index (χ1) is 14.4. The summed E-state index contributed by atoms with van der Waals surface area (Å²) in [6.45, 7) is 3.06. The number of benzene rings is 1. The Morgan fingerprint density at radius 3 is 2.57 bits per heavy atom. The van der Waals surface area contributed by atoms with Crippen LogP contribution in [0, 0.1) is 12.8 Å². The molecule has 2 aromatic heterocycles. The van der Waals surface area contributed by atoms with Crippen LogP contribution in [0.1, 0.15) is 18.7 Å². The van der Waals surface area contributed by atoms with Crippen LogP contribution in [0.5, 0.6) is 0 Å². The molecule has 3 heterocycles. The van der Waals surface area contributed by atoms with Crippen LogP contribution in [0.15, 0.2) is 36.4 Å². The van der Waals surface area contributed by atoms with Crippen molar-refractivity contribution >= 4 is 39.2 Å². The Morgan fingerprint density at radius 2 is 1.90 bits per heavy atom. The van der Waals surface area contributed by atoms with Crippen LogP contribution in [-0.4, -0.2) is 58.5 Å². The molecule has 0 radical (unpaired) electrons. The maximum atomic E-state index is 12.5. The average Bonchev–Trinajstić information content (AvgIpc) is 3.17. The van der Waals surface area contributed by atoms with Crippen LogP contribution in [-0.2, 0) is 9.59 Å². The summed E-state index contributed by atoms with van der Waals surface area (Å²) in [6, 6.07) is 12.4. The average molecular weight is 425 g/mol. The highest BCUT2D eigenvalue weighted by Gasteiger charge is 2.29. The van der Waals surface area contributed by atoms with E-state index in [9.17, 15) is 9.59 Å². The Balaban J connectivity index is 1.55. The second kappa shape index (κ2) is 8.39. The van der Waals surface area contributed by atoms with Gasteiger partial charge in [0.2, 0.25) is 5.91 Å². The van der Waals surface area contributed by atoms with Gasteiger partial charge in [-0.05, 0) is 31.4 Å². The number of rotatable bonds is 5. The number of thiophene rings is 1. The van der Waals surface area contributed by atoms with E-state index in [1.807, 2.05) is 25.1 Å². The smallest absolute Gasteiger partial charge is 0.323 e. The van der Waals surface area contributed by atoms with Crippen LogP contribution in [0.3, 0.4) is 0 Å². The summed E-state index contributed by atoms with van der Waals surface area (Å²) >= 11 is 1.66. The zero-order valence-electron chi connectivity index (χ0n) is 17.0. The van der Waals surface area contributed by atoms with E-state index in [1.165, 1.54) is 4.90 Å². The van der Waals surface area contributed by atoms with Crippen molar-refractivity contribution in [2.24, 2.45) is 5.92 Å². The van der Waals surface area contributed by atoms with Gasteiger partial charge < -0.3 is 14.9 Å². The molecule has 0 saturated carbocycles. The minimum absolute atomic E-state index is 0.0945. The van der Waals surface area contributed by atoms with Crippen molar-refractivity contribution < 1.29 is 14.7 Å². The fraction of sp³-hybridized carbons (Fsp3) is 0.364. The van der Waals surface area contributed by atoms with E-state index < -0.39 is 5.97 Å². The number of likely N-dealkylation sites (N-methyl/N-ethyl adjacent to an activating group) is 1. The third-order valence-electron chi connectivity index (χ3n) is 5.44. The molecule has 3 aromatic rings. The van der Waals surface area contributed by atoms with Crippen molar-refractivity contribution in [2.75, 3.05) is 31.6 Å². The number of aromatic nitrogens is 2. The summed E-state index contributed by atoms with van der Waals surface area (Å²) in [4.78, 5) is 38.4. The normalized spacial score (nSPS) is 14.8. The van der Waals surface area contributed by atoms with E-state index in [4.69, 9.17) is 10.1 Å². The van der Waals surface area contributed by atoms with Gasteiger partial charge in [0.15, 0.2) is 0 Å². The summed E-state index contributed by atoms with van der Waals surface area (Å²) in [6.07, 6.45) is 1.37. The first-order valence-corrected chi connectivity index (χ1v) is 10.8. The molecule has 1 amide bonds. The largest absolute Gasteiger partial charge is 0.480 e. The van der Waals surface area contributed by atoms with Gasteiger partial charge in [-0.15, -0.1) is 11.3 Å². The molecule has 1 fully saturated rings. The Bertz CT molecular complexity index is 1070. The third-order valence-corrected chi connectivity index (χ3v) is 6.51. The predicted octanol–water partition coefficient (Wildman–Crippen LogP) is 3.43. The van der Waals surface area contributed by atoms with Crippen molar-refractivity contribution in [3.63, 3.8) is 0 Å². The summed E-state index contributed by atoms with van der Waals surface area (Å²) < 4.78 is 0. The molecule has 0 bridgehead atoms. The first kappa shape index (κ1) is 20.3. The monoisotopic (exact) mass is 424 g/mol. The number of amides is 1. The summed E-state index contributed by atoms with van der Waals surface area (Å²) in [5.41, 5.74) is 1.16. The highest BCUT2D eigenvalue weighted by molar-refractivity contribution is 7.21.